The number of rotatable bonds is 12. The first-order valence-electron chi connectivity index (χ1n) is 14.4. The quantitative estimate of drug-likeness (QED) is 0.161. The Kier molecular flexibility index (Phi) is 9.38. The second kappa shape index (κ2) is 13.4. The Bertz CT molecular complexity index is 1780. The zero-order valence-corrected chi connectivity index (χ0v) is 25.3. The van der Waals surface area contributed by atoms with E-state index in [0.29, 0.717) is 18.5 Å². The largest absolute Gasteiger partial charge is 0.345 e. The molecule has 6 nitrogen and oxygen atoms in total. The fourth-order valence-corrected chi connectivity index (χ4v) is 7.00. The van der Waals surface area contributed by atoms with Crippen molar-refractivity contribution in [2.24, 2.45) is 5.92 Å². The van der Waals surface area contributed by atoms with Gasteiger partial charge in [-0.15, -0.1) is 0 Å². The number of amides is 1. The van der Waals surface area contributed by atoms with E-state index in [1.807, 2.05) is 91.3 Å². The summed E-state index contributed by atoms with van der Waals surface area (Å²) in [5.74, 6) is -0.573. The van der Waals surface area contributed by atoms with Crippen molar-refractivity contribution in [1.29, 1.82) is 0 Å². The van der Waals surface area contributed by atoms with Crippen LogP contribution in [0.4, 0.5) is 4.39 Å². The lowest BCUT2D eigenvalue weighted by molar-refractivity contribution is -0.132. The second-order valence-electron chi connectivity index (χ2n) is 11.2. The van der Waals surface area contributed by atoms with Crippen molar-refractivity contribution < 1.29 is 17.6 Å². The SMILES string of the molecule is CC(C)CN(CC(=O)N(Cc1ccccc1)Cc1cccn1Cc1ccc(F)cc1)S(=O)(=O)c1cccc2ccccc12. The number of nitrogens with zero attached hydrogens (tertiary/aromatic N) is 3. The molecule has 0 fully saturated rings. The van der Waals surface area contributed by atoms with Gasteiger partial charge in [-0.3, -0.25) is 4.79 Å². The van der Waals surface area contributed by atoms with Crippen molar-refractivity contribution in [2.45, 2.75) is 38.4 Å². The lowest BCUT2D eigenvalue weighted by Crippen LogP contribution is -2.44. The van der Waals surface area contributed by atoms with E-state index in [-0.39, 0.29) is 42.2 Å². The summed E-state index contributed by atoms with van der Waals surface area (Å²) in [5.41, 5.74) is 2.77. The van der Waals surface area contributed by atoms with Crippen molar-refractivity contribution in [2.75, 3.05) is 13.1 Å². The molecule has 5 aromatic rings. The van der Waals surface area contributed by atoms with Crippen molar-refractivity contribution in [3.63, 3.8) is 0 Å². The van der Waals surface area contributed by atoms with Gasteiger partial charge in [0.15, 0.2) is 0 Å². The zero-order valence-electron chi connectivity index (χ0n) is 24.4. The molecule has 1 amide bonds. The molecule has 0 N–H and O–H groups in total. The van der Waals surface area contributed by atoms with Gasteiger partial charge < -0.3 is 9.47 Å². The van der Waals surface area contributed by atoms with Gasteiger partial charge in [-0.25, -0.2) is 12.8 Å². The predicted molar refractivity (Wildman–Crippen MR) is 168 cm³/mol. The van der Waals surface area contributed by atoms with E-state index >= 15 is 0 Å². The molecule has 0 aliphatic heterocycles. The maximum atomic E-state index is 14.1. The normalized spacial score (nSPS) is 11.8. The maximum absolute atomic E-state index is 14.1. The van der Waals surface area contributed by atoms with Crippen LogP contribution in [0.2, 0.25) is 0 Å². The fraction of sp³-hybridized carbons (Fsp3) is 0.229. The molecule has 0 saturated heterocycles. The molecule has 0 aliphatic carbocycles. The zero-order chi connectivity index (χ0) is 30.4. The minimum absolute atomic E-state index is 0.00747. The number of halogens is 1. The third-order valence-corrected chi connectivity index (χ3v) is 9.23. The topological polar surface area (TPSA) is 62.6 Å². The number of fused-ring (bicyclic) bond motifs is 1. The van der Waals surface area contributed by atoms with Crippen LogP contribution in [0.25, 0.3) is 10.8 Å². The van der Waals surface area contributed by atoms with Crippen LogP contribution in [0.5, 0.6) is 0 Å². The number of benzene rings is 4. The van der Waals surface area contributed by atoms with Gasteiger partial charge >= 0.3 is 0 Å². The van der Waals surface area contributed by atoms with E-state index in [2.05, 4.69) is 0 Å². The van der Waals surface area contributed by atoms with Gasteiger partial charge in [0.1, 0.15) is 5.82 Å². The van der Waals surface area contributed by atoms with E-state index in [4.69, 9.17) is 0 Å². The first kappa shape index (κ1) is 30.2. The number of sulfonamides is 1. The highest BCUT2D eigenvalue weighted by molar-refractivity contribution is 7.89. The van der Waals surface area contributed by atoms with Crippen molar-refractivity contribution in [3.05, 3.63) is 138 Å². The van der Waals surface area contributed by atoms with Gasteiger partial charge in [0.2, 0.25) is 15.9 Å². The molecule has 0 unspecified atom stereocenters. The van der Waals surface area contributed by atoms with Gasteiger partial charge in [0.25, 0.3) is 0 Å². The first-order valence-corrected chi connectivity index (χ1v) is 15.8. The van der Waals surface area contributed by atoms with Gasteiger partial charge in [0.05, 0.1) is 18.0 Å². The van der Waals surface area contributed by atoms with Crippen LogP contribution in [-0.2, 0) is 34.5 Å². The second-order valence-corrected chi connectivity index (χ2v) is 13.1. The van der Waals surface area contributed by atoms with Crippen LogP contribution in [0.3, 0.4) is 0 Å². The van der Waals surface area contributed by atoms with Crippen molar-refractivity contribution in [3.8, 4) is 0 Å². The summed E-state index contributed by atoms with van der Waals surface area (Å²) in [4.78, 5) is 16.0. The fourth-order valence-electron chi connectivity index (χ4n) is 5.23. The Labute approximate surface area is 253 Å². The van der Waals surface area contributed by atoms with E-state index in [1.54, 1.807) is 35.2 Å². The molecule has 0 bridgehead atoms. The number of carbonyl (C=O) groups excluding carboxylic acids is 1. The number of hydrogen-bond donors (Lipinski definition) is 0. The van der Waals surface area contributed by atoms with Gasteiger partial charge in [-0.2, -0.15) is 4.31 Å². The van der Waals surface area contributed by atoms with Gasteiger partial charge in [-0.05, 0) is 52.8 Å². The van der Waals surface area contributed by atoms with Crippen molar-refractivity contribution in [1.82, 2.24) is 13.8 Å². The van der Waals surface area contributed by atoms with Gasteiger partial charge in [0, 0.05) is 36.9 Å². The van der Waals surface area contributed by atoms with E-state index in [0.717, 1.165) is 22.2 Å². The van der Waals surface area contributed by atoms with Crippen LogP contribution < -0.4 is 0 Å². The van der Waals surface area contributed by atoms with Crippen LogP contribution in [0.1, 0.15) is 30.7 Å². The third-order valence-electron chi connectivity index (χ3n) is 7.36. The molecule has 1 aromatic heterocycles. The Morgan fingerprint density at radius 3 is 2.23 bits per heavy atom. The molecule has 0 spiro atoms. The minimum atomic E-state index is -3.99. The van der Waals surface area contributed by atoms with Crippen molar-refractivity contribution >= 4 is 26.7 Å². The lowest BCUT2D eigenvalue weighted by Gasteiger charge is -2.29. The smallest absolute Gasteiger partial charge is 0.244 e. The Hall–Kier alpha value is -4.27. The first-order chi connectivity index (χ1) is 20.7. The average Bonchev–Trinajstić information content (AvgIpc) is 3.43. The monoisotopic (exact) mass is 597 g/mol. The van der Waals surface area contributed by atoms with E-state index in [1.165, 1.54) is 16.4 Å². The summed E-state index contributed by atoms with van der Waals surface area (Å²) in [6, 6.07) is 32.5. The van der Waals surface area contributed by atoms with Crippen LogP contribution in [-0.4, -0.2) is 41.2 Å². The lowest BCUT2D eigenvalue weighted by atomic mass is 10.1. The Morgan fingerprint density at radius 1 is 0.791 bits per heavy atom. The van der Waals surface area contributed by atoms with E-state index < -0.39 is 10.0 Å². The molecule has 0 aliphatic rings. The Balaban J connectivity index is 1.45. The molecule has 0 atom stereocenters. The molecular weight excluding hydrogens is 561 g/mol. The molecule has 222 valence electrons. The molecule has 5 rings (SSSR count). The van der Waals surface area contributed by atoms with Crippen LogP contribution in [0.15, 0.2) is 120 Å². The summed E-state index contributed by atoms with van der Waals surface area (Å²) < 4.78 is 45.1. The molecule has 1 heterocycles. The number of aromatic nitrogens is 1. The Morgan fingerprint density at radius 2 is 1.49 bits per heavy atom. The molecule has 8 heteroatoms. The van der Waals surface area contributed by atoms with Crippen LogP contribution >= 0.6 is 0 Å². The molecule has 0 saturated carbocycles. The summed E-state index contributed by atoms with van der Waals surface area (Å²) in [7, 11) is -3.99. The predicted octanol–water partition coefficient (Wildman–Crippen LogP) is 6.70. The summed E-state index contributed by atoms with van der Waals surface area (Å²) in [5, 5.41) is 1.46. The molecule has 4 aromatic carbocycles. The summed E-state index contributed by atoms with van der Waals surface area (Å²) >= 11 is 0. The number of carbonyl (C=O) groups is 1. The van der Waals surface area contributed by atoms with Gasteiger partial charge in [-0.1, -0.05) is 92.7 Å². The highest BCUT2D eigenvalue weighted by Gasteiger charge is 2.30. The number of hydrogen-bond acceptors (Lipinski definition) is 3. The molecular formula is C35H36FN3O3S. The molecule has 0 radical (unpaired) electrons. The maximum Gasteiger partial charge on any atom is 0.244 e. The molecule has 43 heavy (non-hydrogen) atoms. The third kappa shape index (κ3) is 7.39. The minimum Gasteiger partial charge on any atom is -0.345 e. The summed E-state index contributed by atoms with van der Waals surface area (Å²) in [6.45, 7) is 4.94. The summed E-state index contributed by atoms with van der Waals surface area (Å²) in [6.07, 6.45) is 1.93. The highest BCUT2D eigenvalue weighted by atomic mass is 32.2. The van der Waals surface area contributed by atoms with Crippen LogP contribution in [0, 0.1) is 11.7 Å². The highest BCUT2D eigenvalue weighted by Crippen LogP contribution is 2.27. The van der Waals surface area contributed by atoms with E-state index in [9.17, 15) is 17.6 Å². The average molecular weight is 598 g/mol. The standard InChI is InChI=1S/C35H36FN3O3S/c1-27(2)22-39(43(41,42)34-16-8-13-30-12-6-7-15-33(30)34)26-35(40)38(24-28-10-4-3-5-11-28)25-32-14-9-21-37(32)23-29-17-19-31(36)20-18-29/h3-21,27H,22-26H2,1-2H3.